The van der Waals surface area contributed by atoms with Gasteiger partial charge in [0.1, 0.15) is 5.76 Å². The molecule has 1 fully saturated rings. The molecule has 0 bridgehead atoms. The summed E-state index contributed by atoms with van der Waals surface area (Å²) in [7, 11) is 0. The van der Waals surface area contributed by atoms with Crippen molar-refractivity contribution in [1.29, 1.82) is 0 Å². The Labute approximate surface area is 192 Å². The predicted molar refractivity (Wildman–Crippen MR) is 124 cm³/mol. The number of nitrogens with one attached hydrogen (secondary N) is 2. The van der Waals surface area contributed by atoms with Crippen molar-refractivity contribution in [1.82, 2.24) is 10.2 Å². The lowest BCUT2D eigenvalue weighted by Gasteiger charge is -2.21. The fourth-order valence-electron chi connectivity index (χ4n) is 3.40. The lowest BCUT2D eigenvalue weighted by atomic mass is 10.1. The van der Waals surface area contributed by atoms with Gasteiger partial charge < -0.3 is 15.1 Å². The first kappa shape index (κ1) is 22.1. The van der Waals surface area contributed by atoms with E-state index >= 15 is 0 Å². The zero-order chi connectivity index (χ0) is 22.3. The Bertz CT molecular complexity index is 1050. The van der Waals surface area contributed by atoms with Crippen LogP contribution >= 0.6 is 11.6 Å². The number of halogens is 1. The summed E-state index contributed by atoms with van der Waals surface area (Å²) in [4.78, 5) is 26.8. The topological polar surface area (TPSA) is 74.6 Å². The number of carbonyl (C=O) groups is 2. The van der Waals surface area contributed by atoms with Gasteiger partial charge in [0.2, 0.25) is 5.91 Å². The van der Waals surface area contributed by atoms with Crippen molar-refractivity contribution in [3.05, 3.63) is 88.8 Å². The molecular weight excluding hydrogens is 426 g/mol. The maximum Gasteiger partial charge on any atom is 0.251 e. The Kier molecular flexibility index (Phi) is 7.24. The number of amides is 2. The molecule has 6 nitrogen and oxygen atoms in total. The first-order valence-corrected chi connectivity index (χ1v) is 11.1. The average molecular weight is 452 g/mol. The van der Waals surface area contributed by atoms with Crippen LogP contribution in [0.3, 0.4) is 0 Å². The van der Waals surface area contributed by atoms with Crippen molar-refractivity contribution >= 4 is 29.1 Å². The molecule has 2 aromatic carbocycles. The molecule has 166 valence electrons. The van der Waals surface area contributed by atoms with E-state index in [9.17, 15) is 9.59 Å². The first-order chi connectivity index (χ1) is 15.5. The summed E-state index contributed by atoms with van der Waals surface area (Å²) in [5, 5.41) is 6.47. The summed E-state index contributed by atoms with van der Waals surface area (Å²) >= 11 is 5.99. The number of hydrogen-bond donors (Lipinski definition) is 2. The highest BCUT2D eigenvalue weighted by Crippen LogP contribution is 2.20. The normalized spacial score (nSPS) is 13.2. The van der Waals surface area contributed by atoms with Crippen molar-refractivity contribution < 1.29 is 14.0 Å². The van der Waals surface area contributed by atoms with E-state index in [1.165, 1.54) is 0 Å². The van der Waals surface area contributed by atoms with Gasteiger partial charge in [-0.2, -0.15) is 0 Å². The highest BCUT2D eigenvalue weighted by atomic mass is 35.5. The Morgan fingerprint density at radius 2 is 1.84 bits per heavy atom. The van der Waals surface area contributed by atoms with Gasteiger partial charge in [0, 0.05) is 41.8 Å². The van der Waals surface area contributed by atoms with Gasteiger partial charge in [-0.05, 0) is 60.9 Å². The van der Waals surface area contributed by atoms with Crippen LogP contribution in [0, 0.1) is 0 Å². The largest absolute Gasteiger partial charge is 0.468 e. The van der Waals surface area contributed by atoms with E-state index in [0.717, 1.165) is 24.2 Å². The molecule has 1 aliphatic rings. The van der Waals surface area contributed by atoms with Gasteiger partial charge in [0.05, 0.1) is 12.8 Å². The second-order valence-electron chi connectivity index (χ2n) is 8.04. The Hall–Kier alpha value is -3.09. The van der Waals surface area contributed by atoms with Crippen molar-refractivity contribution in [3.63, 3.8) is 0 Å². The van der Waals surface area contributed by atoms with E-state index in [2.05, 4.69) is 15.5 Å². The Balaban J connectivity index is 1.35. The SMILES string of the molecule is O=C(CCN(Cc1ccc(C(=O)NC2CC2)cc1)Cc1ccco1)Nc1cccc(Cl)c1. The molecule has 0 saturated heterocycles. The number of rotatable bonds is 10. The molecule has 0 atom stereocenters. The van der Waals surface area contributed by atoms with E-state index in [1.54, 1.807) is 24.5 Å². The molecule has 0 spiro atoms. The molecule has 1 aromatic heterocycles. The maximum absolute atomic E-state index is 12.4. The molecule has 0 unspecified atom stereocenters. The van der Waals surface area contributed by atoms with Gasteiger partial charge in [-0.1, -0.05) is 29.8 Å². The number of nitrogens with zero attached hydrogens (tertiary/aromatic N) is 1. The third-order valence-corrected chi connectivity index (χ3v) is 5.49. The maximum atomic E-state index is 12.4. The van der Waals surface area contributed by atoms with Crippen LogP contribution in [0.25, 0.3) is 0 Å². The molecule has 0 aliphatic heterocycles. The van der Waals surface area contributed by atoms with Gasteiger partial charge in [-0.3, -0.25) is 14.5 Å². The van der Waals surface area contributed by atoms with Gasteiger partial charge in [0.25, 0.3) is 5.91 Å². The highest BCUT2D eigenvalue weighted by molar-refractivity contribution is 6.30. The van der Waals surface area contributed by atoms with Crippen molar-refractivity contribution in [2.24, 2.45) is 0 Å². The number of furan rings is 1. The molecular formula is C25H26ClN3O3. The van der Waals surface area contributed by atoms with E-state index in [4.69, 9.17) is 16.0 Å². The summed E-state index contributed by atoms with van der Waals surface area (Å²) in [5.41, 5.74) is 2.41. The number of anilines is 1. The zero-order valence-electron chi connectivity index (χ0n) is 17.7. The monoisotopic (exact) mass is 451 g/mol. The minimum absolute atomic E-state index is 0.0239. The van der Waals surface area contributed by atoms with Crippen LogP contribution in [-0.2, 0) is 17.9 Å². The van der Waals surface area contributed by atoms with Gasteiger partial charge in [-0.15, -0.1) is 0 Å². The lowest BCUT2D eigenvalue weighted by Crippen LogP contribution is -2.27. The molecule has 32 heavy (non-hydrogen) atoms. The smallest absolute Gasteiger partial charge is 0.251 e. The Morgan fingerprint density at radius 3 is 2.53 bits per heavy atom. The molecule has 4 rings (SSSR count). The van der Waals surface area contributed by atoms with Crippen LogP contribution in [0.5, 0.6) is 0 Å². The predicted octanol–water partition coefficient (Wildman–Crippen LogP) is 4.86. The summed E-state index contributed by atoms with van der Waals surface area (Å²) in [6.45, 7) is 1.77. The van der Waals surface area contributed by atoms with Gasteiger partial charge in [0.15, 0.2) is 0 Å². The number of hydrogen-bond acceptors (Lipinski definition) is 4. The van der Waals surface area contributed by atoms with E-state index < -0.39 is 0 Å². The summed E-state index contributed by atoms with van der Waals surface area (Å²) in [5.74, 6) is 0.730. The van der Waals surface area contributed by atoms with Crippen LogP contribution in [0.4, 0.5) is 5.69 Å². The summed E-state index contributed by atoms with van der Waals surface area (Å²) < 4.78 is 5.50. The molecule has 0 radical (unpaired) electrons. The minimum Gasteiger partial charge on any atom is -0.468 e. The van der Waals surface area contributed by atoms with Crippen LogP contribution in [0.1, 0.15) is 40.9 Å². The third kappa shape index (κ3) is 6.70. The van der Waals surface area contributed by atoms with Gasteiger partial charge in [-0.25, -0.2) is 0 Å². The molecule has 1 aliphatic carbocycles. The third-order valence-electron chi connectivity index (χ3n) is 5.26. The second kappa shape index (κ2) is 10.5. The first-order valence-electron chi connectivity index (χ1n) is 10.7. The molecule has 2 N–H and O–H groups in total. The van der Waals surface area contributed by atoms with Crippen molar-refractivity contribution in [3.8, 4) is 0 Å². The molecule has 3 aromatic rings. The molecule has 7 heteroatoms. The van der Waals surface area contributed by atoms with Crippen LogP contribution in [-0.4, -0.2) is 29.3 Å². The average Bonchev–Trinajstić information content (AvgIpc) is 3.44. The van der Waals surface area contributed by atoms with Gasteiger partial charge >= 0.3 is 0 Å². The zero-order valence-corrected chi connectivity index (χ0v) is 18.5. The lowest BCUT2D eigenvalue weighted by molar-refractivity contribution is -0.116. The van der Waals surface area contributed by atoms with E-state index in [0.29, 0.717) is 48.4 Å². The molecule has 1 heterocycles. The quantitative estimate of drug-likeness (QED) is 0.461. The molecule has 2 amide bonds. The van der Waals surface area contributed by atoms with E-state index in [-0.39, 0.29) is 11.8 Å². The fourth-order valence-corrected chi connectivity index (χ4v) is 3.59. The van der Waals surface area contributed by atoms with Crippen LogP contribution < -0.4 is 10.6 Å². The van der Waals surface area contributed by atoms with Crippen molar-refractivity contribution in [2.45, 2.75) is 38.4 Å². The van der Waals surface area contributed by atoms with E-state index in [1.807, 2.05) is 42.5 Å². The number of carbonyl (C=O) groups excluding carboxylic acids is 2. The summed E-state index contributed by atoms with van der Waals surface area (Å²) in [6.07, 6.45) is 4.11. The molecule has 1 saturated carbocycles. The Morgan fingerprint density at radius 1 is 1.03 bits per heavy atom. The minimum atomic E-state index is -0.0798. The van der Waals surface area contributed by atoms with Crippen molar-refractivity contribution in [2.75, 3.05) is 11.9 Å². The second-order valence-corrected chi connectivity index (χ2v) is 8.48. The summed E-state index contributed by atoms with van der Waals surface area (Å²) in [6, 6.07) is 18.8. The standard InChI is InChI=1S/C25H26ClN3O3/c26-20-3-1-4-22(15-20)27-24(30)12-13-29(17-23-5-2-14-32-23)16-18-6-8-19(9-7-18)25(31)28-21-10-11-21/h1-9,14-15,21H,10-13,16-17H2,(H,27,30)(H,28,31). The highest BCUT2D eigenvalue weighted by Gasteiger charge is 2.23. The van der Waals surface area contributed by atoms with Crippen LogP contribution in [0.2, 0.25) is 5.02 Å². The number of benzene rings is 2. The fraction of sp³-hybridized carbons (Fsp3) is 0.280. The van der Waals surface area contributed by atoms with Crippen LogP contribution in [0.15, 0.2) is 71.3 Å².